The highest BCUT2D eigenvalue weighted by Crippen LogP contribution is 2.14. The molecule has 6 heteroatoms. The van der Waals surface area contributed by atoms with E-state index in [4.69, 9.17) is 10.00 Å². The van der Waals surface area contributed by atoms with Crippen LogP contribution < -0.4 is 10.1 Å². The first-order chi connectivity index (χ1) is 13.7. The monoisotopic (exact) mass is 378 g/mol. The van der Waals surface area contributed by atoms with Crippen molar-refractivity contribution in [2.24, 2.45) is 0 Å². The van der Waals surface area contributed by atoms with Crippen molar-refractivity contribution in [1.82, 2.24) is 9.80 Å². The van der Waals surface area contributed by atoms with E-state index in [1.54, 1.807) is 19.2 Å². The number of benzene rings is 2. The molecule has 0 radical (unpaired) electrons. The number of anilines is 1. The highest BCUT2D eigenvalue weighted by molar-refractivity contribution is 5.81. The van der Waals surface area contributed by atoms with E-state index in [9.17, 15) is 4.79 Å². The molecule has 6 nitrogen and oxygen atoms in total. The zero-order valence-electron chi connectivity index (χ0n) is 16.2. The van der Waals surface area contributed by atoms with Crippen LogP contribution in [0.5, 0.6) is 5.75 Å². The summed E-state index contributed by atoms with van der Waals surface area (Å²) in [5.74, 6) is 0.974. The first-order valence-electron chi connectivity index (χ1n) is 9.55. The van der Waals surface area contributed by atoms with Gasteiger partial charge in [-0.15, -0.1) is 0 Å². The minimum absolute atomic E-state index is 0.107. The van der Waals surface area contributed by atoms with E-state index in [0.29, 0.717) is 5.56 Å². The first kappa shape index (κ1) is 19.7. The minimum Gasteiger partial charge on any atom is -0.497 e. The van der Waals surface area contributed by atoms with Crippen molar-refractivity contribution in [1.29, 1.82) is 5.26 Å². The normalized spacial score (nSPS) is 14.8. The number of methoxy groups -OCH3 is 1. The summed E-state index contributed by atoms with van der Waals surface area (Å²) in [4.78, 5) is 16.9. The van der Waals surface area contributed by atoms with Crippen LogP contribution in [0.15, 0.2) is 48.5 Å². The van der Waals surface area contributed by atoms with Gasteiger partial charge in [0.25, 0.3) is 0 Å². The summed E-state index contributed by atoms with van der Waals surface area (Å²) in [5.41, 5.74) is 2.72. The van der Waals surface area contributed by atoms with Gasteiger partial charge in [0, 0.05) is 38.4 Å². The number of nitrogens with one attached hydrogen (secondary N) is 1. The second-order valence-corrected chi connectivity index (χ2v) is 6.90. The smallest absolute Gasteiger partial charge is 0.241 e. The molecular weight excluding hydrogens is 352 g/mol. The highest BCUT2D eigenvalue weighted by Gasteiger charge is 2.19. The summed E-state index contributed by atoms with van der Waals surface area (Å²) in [6, 6.07) is 17.4. The lowest BCUT2D eigenvalue weighted by Gasteiger charge is -2.22. The number of nitriles is 1. The van der Waals surface area contributed by atoms with Crippen LogP contribution in [0.2, 0.25) is 0 Å². The second kappa shape index (κ2) is 9.77. The fourth-order valence-electron chi connectivity index (χ4n) is 3.32. The third-order valence-corrected chi connectivity index (χ3v) is 4.96. The number of carbonyl (C=O) groups is 1. The lowest BCUT2D eigenvalue weighted by molar-refractivity contribution is -0.129. The Morgan fingerprint density at radius 1 is 1.07 bits per heavy atom. The maximum Gasteiger partial charge on any atom is 0.241 e. The lowest BCUT2D eigenvalue weighted by Crippen LogP contribution is -2.38. The van der Waals surface area contributed by atoms with Crippen LogP contribution >= 0.6 is 0 Å². The number of hydrogen-bond acceptors (Lipinski definition) is 5. The van der Waals surface area contributed by atoms with Crippen molar-refractivity contribution in [2.45, 2.75) is 13.0 Å². The van der Waals surface area contributed by atoms with Crippen molar-refractivity contribution < 1.29 is 9.53 Å². The van der Waals surface area contributed by atoms with Crippen LogP contribution in [0.1, 0.15) is 17.5 Å². The van der Waals surface area contributed by atoms with Gasteiger partial charge in [0.15, 0.2) is 0 Å². The summed E-state index contributed by atoms with van der Waals surface area (Å²) < 4.78 is 5.21. The number of rotatable bonds is 6. The molecule has 1 fully saturated rings. The molecule has 0 saturated carbocycles. The van der Waals surface area contributed by atoms with E-state index in [1.165, 1.54) is 5.56 Å². The number of nitrogens with zero attached hydrogens (tertiary/aromatic N) is 3. The topological polar surface area (TPSA) is 68.6 Å². The third kappa shape index (κ3) is 5.48. The average molecular weight is 378 g/mol. The molecule has 28 heavy (non-hydrogen) atoms. The van der Waals surface area contributed by atoms with Crippen molar-refractivity contribution in [3.8, 4) is 11.8 Å². The van der Waals surface area contributed by atoms with Crippen LogP contribution in [0.4, 0.5) is 5.69 Å². The Labute approximate surface area is 166 Å². The van der Waals surface area contributed by atoms with Crippen molar-refractivity contribution in [2.75, 3.05) is 45.2 Å². The summed E-state index contributed by atoms with van der Waals surface area (Å²) >= 11 is 0. The molecule has 1 aliphatic rings. The standard InChI is InChI=1S/C22H26N4O2/c1-28-21-9-5-19(6-10-21)17-25-11-2-12-26(14-13-25)22(27)16-24-20-7-3-18(15-23)4-8-20/h3-10,24H,2,11-14,16-17H2,1H3. The van der Waals surface area contributed by atoms with Gasteiger partial charge in [-0.25, -0.2) is 0 Å². The predicted molar refractivity (Wildman–Crippen MR) is 109 cm³/mol. The molecule has 2 aromatic carbocycles. The van der Waals surface area contributed by atoms with Gasteiger partial charge in [0.1, 0.15) is 5.75 Å². The van der Waals surface area contributed by atoms with Crippen molar-refractivity contribution in [3.63, 3.8) is 0 Å². The molecule has 0 spiro atoms. The summed E-state index contributed by atoms with van der Waals surface area (Å²) in [5, 5.41) is 12.0. The van der Waals surface area contributed by atoms with E-state index in [2.05, 4.69) is 28.4 Å². The fourth-order valence-corrected chi connectivity index (χ4v) is 3.32. The molecule has 2 aromatic rings. The van der Waals surface area contributed by atoms with Gasteiger partial charge in [0.2, 0.25) is 5.91 Å². The molecular formula is C22H26N4O2. The van der Waals surface area contributed by atoms with Crippen LogP contribution in [-0.4, -0.2) is 55.5 Å². The molecule has 1 heterocycles. The largest absolute Gasteiger partial charge is 0.497 e. The SMILES string of the molecule is COc1ccc(CN2CCCN(C(=O)CNc3ccc(C#N)cc3)CC2)cc1. The maximum atomic E-state index is 12.6. The molecule has 0 bridgehead atoms. The van der Waals surface area contributed by atoms with Crippen LogP contribution in [0.3, 0.4) is 0 Å². The maximum absolute atomic E-state index is 12.6. The Morgan fingerprint density at radius 2 is 1.82 bits per heavy atom. The van der Waals surface area contributed by atoms with Gasteiger partial charge in [-0.2, -0.15) is 5.26 Å². The Morgan fingerprint density at radius 3 is 2.50 bits per heavy atom. The van der Waals surface area contributed by atoms with Gasteiger partial charge >= 0.3 is 0 Å². The molecule has 1 amide bonds. The molecule has 1 saturated heterocycles. The number of hydrogen-bond donors (Lipinski definition) is 1. The van der Waals surface area contributed by atoms with Gasteiger partial charge in [0.05, 0.1) is 25.3 Å². The summed E-state index contributed by atoms with van der Waals surface area (Å²) in [6.45, 7) is 4.53. The van der Waals surface area contributed by atoms with Crippen molar-refractivity contribution >= 4 is 11.6 Å². The van der Waals surface area contributed by atoms with Gasteiger partial charge < -0.3 is 15.0 Å². The van der Waals surface area contributed by atoms with Crippen molar-refractivity contribution in [3.05, 3.63) is 59.7 Å². The zero-order chi connectivity index (χ0) is 19.8. The molecule has 0 unspecified atom stereocenters. The molecule has 146 valence electrons. The quantitative estimate of drug-likeness (QED) is 0.837. The number of carbonyl (C=O) groups excluding carboxylic acids is 1. The molecule has 3 rings (SSSR count). The van der Waals surface area contributed by atoms with Crippen LogP contribution in [0, 0.1) is 11.3 Å². The molecule has 0 atom stereocenters. The van der Waals surface area contributed by atoms with E-state index < -0.39 is 0 Å². The lowest BCUT2D eigenvalue weighted by atomic mass is 10.2. The number of ether oxygens (including phenoxy) is 1. The predicted octanol–water partition coefficient (Wildman–Crippen LogP) is 2.71. The zero-order valence-corrected chi connectivity index (χ0v) is 16.2. The van der Waals surface area contributed by atoms with E-state index in [-0.39, 0.29) is 12.5 Å². The Balaban J connectivity index is 1.46. The average Bonchev–Trinajstić information content (AvgIpc) is 2.98. The van der Waals surface area contributed by atoms with Crippen LogP contribution in [-0.2, 0) is 11.3 Å². The summed E-state index contributed by atoms with van der Waals surface area (Å²) in [6.07, 6.45) is 0.971. The highest BCUT2D eigenvalue weighted by atomic mass is 16.5. The van der Waals surface area contributed by atoms with Gasteiger partial charge in [-0.05, 0) is 48.4 Å². The Hall–Kier alpha value is -3.04. The second-order valence-electron chi connectivity index (χ2n) is 6.90. The fraction of sp³-hybridized carbons (Fsp3) is 0.364. The van der Waals surface area contributed by atoms with Gasteiger partial charge in [-0.1, -0.05) is 12.1 Å². The summed E-state index contributed by atoms with van der Waals surface area (Å²) in [7, 11) is 1.67. The van der Waals surface area contributed by atoms with E-state index in [1.807, 2.05) is 29.2 Å². The molecule has 1 aliphatic heterocycles. The Bertz CT molecular complexity index is 812. The molecule has 0 aromatic heterocycles. The first-order valence-corrected chi connectivity index (χ1v) is 9.55. The molecule has 0 aliphatic carbocycles. The Kier molecular flexibility index (Phi) is 6.88. The van der Waals surface area contributed by atoms with E-state index >= 15 is 0 Å². The molecule has 1 N–H and O–H groups in total. The van der Waals surface area contributed by atoms with Gasteiger partial charge in [-0.3, -0.25) is 9.69 Å². The third-order valence-electron chi connectivity index (χ3n) is 4.96. The minimum atomic E-state index is 0.107. The van der Waals surface area contributed by atoms with E-state index in [0.717, 1.165) is 50.6 Å². The number of amides is 1. The van der Waals surface area contributed by atoms with Crippen LogP contribution in [0.25, 0.3) is 0 Å².